The maximum absolute atomic E-state index is 11.7. The lowest BCUT2D eigenvalue weighted by Crippen LogP contribution is -2.43. The molecule has 0 aliphatic heterocycles. The molecule has 1 aromatic rings. The molecule has 0 radical (unpaired) electrons. The first-order valence-corrected chi connectivity index (χ1v) is 7.28. The van der Waals surface area contributed by atoms with Crippen LogP contribution in [0.1, 0.15) is 27.2 Å². The number of aliphatic hydroxyl groups is 1. The number of ether oxygens (including phenoxy) is 1. The predicted octanol–water partition coefficient (Wildman–Crippen LogP) is 3.03. The van der Waals surface area contributed by atoms with Crippen molar-refractivity contribution in [3.8, 4) is 0 Å². The highest BCUT2D eigenvalue weighted by molar-refractivity contribution is 6.30. The van der Waals surface area contributed by atoms with Gasteiger partial charge in [0.25, 0.3) is 0 Å². The van der Waals surface area contributed by atoms with Crippen molar-refractivity contribution in [1.29, 1.82) is 0 Å². The second-order valence-electron chi connectivity index (χ2n) is 5.75. The number of alkyl carbamates (subject to hydrolysis) is 1. The van der Waals surface area contributed by atoms with Crippen LogP contribution in [-0.4, -0.2) is 36.0 Å². The van der Waals surface area contributed by atoms with Crippen LogP contribution < -0.4 is 10.6 Å². The summed E-state index contributed by atoms with van der Waals surface area (Å²) in [7, 11) is 0. The fourth-order valence-corrected chi connectivity index (χ4v) is 1.89. The van der Waals surface area contributed by atoms with Gasteiger partial charge in [0.05, 0.1) is 6.04 Å². The lowest BCUT2D eigenvalue weighted by Gasteiger charge is -2.23. The zero-order chi connectivity index (χ0) is 15.9. The molecule has 1 amide bonds. The quantitative estimate of drug-likeness (QED) is 0.755. The standard InChI is InChI=1S/C15H23ClN2O3/c1-15(2,3)21-14(20)18-13(7-8-19)10-17-12-6-4-5-11(16)9-12/h4-6,9,13,17,19H,7-8,10H2,1-3H3,(H,18,20)/t13-/m0/s1. The summed E-state index contributed by atoms with van der Waals surface area (Å²) in [5.74, 6) is 0. The first-order chi connectivity index (χ1) is 9.80. The molecule has 0 saturated heterocycles. The van der Waals surface area contributed by atoms with Crippen molar-refractivity contribution in [3.63, 3.8) is 0 Å². The molecule has 6 heteroatoms. The van der Waals surface area contributed by atoms with Crippen LogP contribution in [0.3, 0.4) is 0 Å². The summed E-state index contributed by atoms with van der Waals surface area (Å²) in [6.07, 6.45) is -0.0545. The third-order valence-electron chi connectivity index (χ3n) is 2.58. The average molecular weight is 315 g/mol. The SMILES string of the molecule is CC(C)(C)OC(=O)N[C@@H](CCO)CNc1cccc(Cl)c1. The molecule has 0 bridgehead atoms. The van der Waals surface area contributed by atoms with Gasteiger partial charge in [0, 0.05) is 23.9 Å². The molecular weight excluding hydrogens is 292 g/mol. The number of hydrogen-bond donors (Lipinski definition) is 3. The highest BCUT2D eigenvalue weighted by Crippen LogP contribution is 2.15. The lowest BCUT2D eigenvalue weighted by atomic mass is 10.2. The summed E-state index contributed by atoms with van der Waals surface area (Å²) >= 11 is 5.91. The number of benzene rings is 1. The molecule has 0 unspecified atom stereocenters. The van der Waals surface area contributed by atoms with Gasteiger partial charge in [-0.25, -0.2) is 4.79 Å². The highest BCUT2D eigenvalue weighted by Gasteiger charge is 2.19. The lowest BCUT2D eigenvalue weighted by molar-refractivity contribution is 0.0500. The maximum Gasteiger partial charge on any atom is 0.407 e. The Kier molecular flexibility index (Phi) is 6.78. The van der Waals surface area contributed by atoms with Crippen molar-refractivity contribution < 1.29 is 14.6 Å². The summed E-state index contributed by atoms with van der Waals surface area (Å²) in [5, 5.41) is 15.6. The summed E-state index contributed by atoms with van der Waals surface area (Å²) in [4.78, 5) is 11.7. The second-order valence-corrected chi connectivity index (χ2v) is 6.18. The zero-order valence-corrected chi connectivity index (χ0v) is 13.4. The Morgan fingerprint density at radius 2 is 2.14 bits per heavy atom. The Hall–Kier alpha value is -1.46. The van der Waals surface area contributed by atoms with Crippen LogP contribution in [0.25, 0.3) is 0 Å². The van der Waals surface area contributed by atoms with Crippen LogP contribution in [0.15, 0.2) is 24.3 Å². The summed E-state index contributed by atoms with van der Waals surface area (Å²) < 4.78 is 5.21. The Morgan fingerprint density at radius 3 is 2.71 bits per heavy atom. The Balaban J connectivity index is 2.51. The highest BCUT2D eigenvalue weighted by atomic mass is 35.5. The molecule has 118 valence electrons. The van der Waals surface area contributed by atoms with Gasteiger partial charge in [-0.15, -0.1) is 0 Å². The van der Waals surface area contributed by atoms with Crippen molar-refractivity contribution in [2.45, 2.75) is 38.8 Å². The van der Waals surface area contributed by atoms with Crippen LogP contribution in [0.5, 0.6) is 0 Å². The number of aliphatic hydroxyl groups excluding tert-OH is 1. The number of carbonyl (C=O) groups is 1. The Bertz CT molecular complexity index is 460. The fourth-order valence-electron chi connectivity index (χ4n) is 1.69. The smallest absolute Gasteiger partial charge is 0.407 e. The third kappa shape index (κ3) is 7.78. The number of carbonyl (C=O) groups excluding carboxylic acids is 1. The van der Waals surface area contributed by atoms with E-state index in [-0.39, 0.29) is 12.6 Å². The molecule has 0 aromatic heterocycles. The first-order valence-electron chi connectivity index (χ1n) is 6.90. The third-order valence-corrected chi connectivity index (χ3v) is 2.81. The van der Waals surface area contributed by atoms with Crippen molar-refractivity contribution >= 4 is 23.4 Å². The van der Waals surface area contributed by atoms with E-state index in [0.717, 1.165) is 5.69 Å². The predicted molar refractivity (Wildman–Crippen MR) is 84.8 cm³/mol. The van der Waals surface area contributed by atoms with Crippen LogP contribution >= 0.6 is 11.6 Å². The number of rotatable bonds is 6. The van der Waals surface area contributed by atoms with Crippen LogP contribution in [0.4, 0.5) is 10.5 Å². The van der Waals surface area contributed by atoms with E-state index in [1.54, 1.807) is 32.9 Å². The molecule has 5 nitrogen and oxygen atoms in total. The van der Waals surface area contributed by atoms with Crippen LogP contribution in [0.2, 0.25) is 5.02 Å². The molecule has 0 saturated carbocycles. The first kappa shape index (κ1) is 17.6. The van der Waals surface area contributed by atoms with Gasteiger partial charge in [-0.2, -0.15) is 0 Å². The van der Waals surface area contributed by atoms with E-state index in [4.69, 9.17) is 21.4 Å². The van der Waals surface area contributed by atoms with Gasteiger partial charge in [0.1, 0.15) is 5.60 Å². The van der Waals surface area contributed by atoms with Crippen molar-refractivity contribution in [3.05, 3.63) is 29.3 Å². The van der Waals surface area contributed by atoms with Crippen molar-refractivity contribution in [2.75, 3.05) is 18.5 Å². The zero-order valence-electron chi connectivity index (χ0n) is 12.6. The van der Waals surface area contributed by atoms with Gasteiger partial charge >= 0.3 is 6.09 Å². The van der Waals surface area contributed by atoms with Gasteiger partial charge < -0.3 is 20.5 Å². The van der Waals surface area contributed by atoms with Crippen molar-refractivity contribution in [2.24, 2.45) is 0 Å². The monoisotopic (exact) mass is 314 g/mol. The van der Waals surface area contributed by atoms with Crippen LogP contribution in [-0.2, 0) is 4.74 Å². The van der Waals surface area contributed by atoms with E-state index in [0.29, 0.717) is 18.0 Å². The Morgan fingerprint density at radius 1 is 1.43 bits per heavy atom. The molecule has 0 aliphatic carbocycles. The summed E-state index contributed by atoms with van der Waals surface area (Å²) in [6, 6.07) is 7.08. The van der Waals surface area contributed by atoms with Crippen LogP contribution in [0, 0.1) is 0 Å². The van der Waals surface area contributed by atoms with Gasteiger partial charge in [-0.1, -0.05) is 17.7 Å². The van der Waals surface area contributed by atoms with Crippen molar-refractivity contribution in [1.82, 2.24) is 5.32 Å². The number of nitrogens with one attached hydrogen (secondary N) is 2. The minimum Gasteiger partial charge on any atom is -0.444 e. The van der Waals surface area contributed by atoms with E-state index in [2.05, 4.69) is 10.6 Å². The fraction of sp³-hybridized carbons (Fsp3) is 0.533. The molecule has 0 aliphatic rings. The Labute approximate surface area is 130 Å². The van der Waals surface area contributed by atoms with Gasteiger partial charge in [-0.3, -0.25) is 0 Å². The average Bonchev–Trinajstić information content (AvgIpc) is 2.34. The largest absolute Gasteiger partial charge is 0.444 e. The summed E-state index contributed by atoms with van der Waals surface area (Å²) in [6.45, 7) is 5.87. The number of halogens is 1. The second kappa shape index (κ2) is 8.10. The van der Waals surface area contributed by atoms with Gasteiger partial charge in [0.15, 0.2) is 0 Å². The topological polar surface area (TPSA) is 70.6 Å². The molecular formula is C15H23ClN2O3. The number of hydrogen-bond acceptors (Lipinski definition) is 4. The number of amides is 1. The van der Waals surface area contributed by atoms with E-state index in [1.807, 2.05) is 12.1 Å². The molecule has 0 heterocycles. The van der Waals surface area contributed by atoms with E-state index < -0.39 is 11.7 Å². The maximum atomic E-state index is 11.7. The minimum absolute atomic E-state index is 0.0162. The molecule has 0 fully saturated rings. The molecule has 1 rings (SSSR count). The number of anilines is 1. The molecule has 1 aromatic carbocycles. The van der Waals surface area contributed by atoms with E-state index in [9.17, 15) is 4.79 Å². The molecule has 21 heavy (non-hydrogen) atoms. The van der Waals surface area contributed by atoms with E-state index in [1.165, 1.54) is 0 Å². The minimum atomic E-state index is -0.547. The van der Waals surface area contributed by atoms with Gasteiger partial charge in [-0.05, 0) is 45.4 Å². The normalized spacial score (nSPS) is 12.6. The molecule has 0 spiro atoms. The summed E-state index contributed by atoms with van der Waals surface area (Å²) in [5.41, 5.74) is 0.310. The molecule has 3 N–H and O–H groups in total. The molecule has 1 atom stereocenters. The van der Waals surface area contributed by atoms with Gasteiger partial charge in [0.2, 0.25) is 0 Å². The van der Waals surface area contributed by atoms with E-state index >= 15 is 0 Å².